The lowest BCUT2D eigenvalue weighted by Gasteiger charge is -2.07. The van der Waals surface area contributed by atoms with Crippen LogP contribution in [0.2, 0.25) is 0 Å². The number of nitrogens with one attached hydrogen (secondary N) is 1. The molecule has 0 unspecified atom stereocenters. The predicted octanol–water partition coefficient (Wildman–Crippen LogP) is 4.11. The zero-order valence-corrected chi connectivity index (χ0v) is 9.80. The largest absolute Gasteiger partial charge is 0.359 e. The number of nitrogens with zero attached hydrogens (tertiary/aromatic N) is 1. The zero-order chi connectivity index (χ0) is 11.9. The fourth-order valence-corrected chi connectivity index (χ4v) is 2.56. The normalized spacial score (nSPS) is 11.3. The molecule has 0 saturated carbocycles. The van der Waals surface area contributed by atoms with Gasteiger partial charge in [-0.25, -0.2) is 0 Å². The molecule has 0 saturated heterocycles. The van der Waals surface area contributed by atoms with Gasteiger partial charge in [-0.2, -0.15) is 0 Å². The number of benzene rings is 2. The van der Waals surface area contributed by atoms with Gasteiger partial charge in [-0.05, 0) is 29.7 Å². The molecule has 0 aliphatic rings. The van der Waals surface area contributed by atoms with Crippen LogP contribution in [0.5, 0.6) is 0 Å². The molecule has 2 aromatic heterocycles. The summed E-state index contributed by atoms with van der Waals surface area (Å²) in [6, 6.07) is 19.1. The van der Waals surface area contributed by atoms with E-state index in [-0.39, 0.29) is 0 Å². The molecule has 0 spiro atoms. The molecule has 4 aromatic rings. The first kappa shape index (κ1) is 9.54. The van der Waals surface area contributed by atoms with Crippen LogP contribution in [0, 0.1) is 0 Å². The molecule has 18 heavy (non-hydrogen) atoms. The number of H-pyrrole nitrogens is 1. The van der Waals surface area contributed by atoms with Crippen LogP contribution in [-0.4, -0.2) is 9.55 Å². The van der Waals surface area contributed by atoms with E-state index in [0.29, 0.717) is 0 Å². The van der Waals surface area contributed by atoms with Gasteiger partial charge in [-0.3, -0.25) is 0 Å². The smallest absolute Gasteiger partial charge is 0.0698 e. The topological polar surface area (TPSA) is 20.7 Å². The van der Waals surface area contributed by atoms with Crippen molar-refractivity contribution in [3.8, 4) is 5.69 Å². The summed E-state index contributed by atoms with van der Waals surface area (Å²) in [6.07, 6.45) is 4.11. The second-order valence-corrected chi connectivity index (χ2v) is 4.46. The van der Waals surface area contributed by atoms with Gasteiger partial charge in [0.2, 0.25) is 0 Å². The summed E-state index contributed by atoms with van der Waals surface area (Å²) in [5, 5.41) is 2.51. The first-order valence-corrected chi connectivity index (χ1v) is 6.06. The number of hydrogen-bond donors (Lipinski definition) is 1. The van der Waals surface area contributed by atoms with E-state index in [1.807, 2.05) is 6.20 Å². The Morgan fingerprint density at radius 1 is 0.778 bits per heavy atom. The van der Waals surface area contributed by atoms with Gasteiger partial charge >= 0.3 is 0 Å². The minimum absolute atomic E-state index is 1.18. The van der Waals surface area contributed by atoms with Gasteiger partial charge < -0.3 is 9.55 Å². The Bertz CT molecular complexity index is 836. The van der Waals surface area contributed by atoms with E-state index in [4.69, 9.17) is 0 Å². The molecule has 86 valence electrons. The summed E-state index contributed by atoms with van der Waals surface area (Å²) in [5.74, 6) is 0. The Kier molecular flexibility index (Phi) is 1.86. The molecule has 0 bridgehead atoms. The maximum absolute atomic E-state index is 3.32. The number of aromatic nitrogens is 2. The summed E-state index contributed by atoms with van der Waals surface area (Å²) in [5.41, 5.74) is 3.61. The Labute approximate surface area is 104 Å². The van der Waals surface area contributed by atoms with Crippen molar-refractivity contribution in [1.82, 2.24) is 9.55 Å². The molecule has 0 aliphatic carbocycles. The van der Waals surface area contributed by atoms with Crippen LogP contribution in [0.15, 0.2) is 67.0 Å². The summed E-state index contributed by atoms with van der Waals surface area (Å²) < 4.78 is 2.23. The lowest BCUT2D eigenvalue weighted by molar-refractivity contribution is 1.14. The number of hydrogen-bond acceptors (Lipinski definition) is 0. The van der Waals surface area contributed by atoms with Crippen molar-refractivity contribution in [2.75, 3.05) is 0 Å². The van der Waals surface area contributed by atoms with Crippen molar-refractivity contribution < 1.29 is 0 Å². The third-order valence-electron chi connectivity index (χ3n) is 3.42. The van der Waals surface area contributed by atoms with Crippen LogP contribution in [0.4, 0.5) is 0 Å². The zero-order valence-electron chi connectivity index (χ0n) is 9.80. The third-order valence-corrected chi connectivity index (χ3v) is 3.42. The van der Waals surface area contributed by atoms with E-state index in [1.165, 1.54) is 27.5 Å². The molecule has 0 radical (unpaired) electrons. The average Bonchev–Trinajstić information content (AvgIpc) is 3.05. The minimum Gasteiger partial charge on any atom is -0.359 e. The maximum Gasteiger partial charge on any atom is 0.0698 e. The van der Waals surface area contributed by atoms with Crippen molar-refractivity contribution in [1.29, 1.82) is 0 Å². The molecule has 0 atom stereocenters. The molecule has 2 aromatic carbocycles. The first-order chi connectivity index (χ1) is 8.93. The SMILES string of the molecule is c1cc(-n2ccc3ccccc32)c2[nH]ccc2c1. The summed E-state index contributed by atoms with van der Waals surface area (Å²) >= 11 is 0. The van der Waals surface area contributed by atoms with Crippen molar-refractivity contribution in [3.05, 3.63) is 67.0 Å². The highest BCUT2D eigenvalue weighted by Gasteiger charge is 2.06. The van der Waals surface area contributed by atoms with Crippen LogP contribution in [0.3, 0.4) is 0 Å². The number of aromatic amines is 1. The Balaban J connectivity index is 2.10. The highest BCUT2D eigenvalue weighted by Crippen LogP contribution is 2.25. The summed E-state index contributed by atoms with van der Waals surface area (Å²) in [4.78, 5) is 3.32. The number of para-hydroxylation sites is 2. The molecular weight excluding hydrogens is 220 g/mol. The monoisotopic (exact) mass is 232 g/mol. The van der Waals surface area contributed by atoms with Crippen LogP contribution < -0.4 is 0 Å². The third kappa shape index (κ3) is 1.23. The van der Waals surface area contributed by atoms with Gasteiger partial charge in [0.25, 0.3) is 0 Å². The molecule has 0 aliphatic heterocycles. The summed E-state index contributed by atoms with van der Waals surface area (Å²) in [6.45, 7) is 0. The lowest BCUT2D eigenvalue weighted by Crippen LogP contribution is -1.92. The molecule has 2 nitrogen and oxygen atoms in total. The van der Waals surface area contributed by atoms with E-state index < -0.39 is 0 Å². The van der Waals surface area contributed by atoms with Gasteiger partial charge in [0.15, 0.2) is 0 Å². The Hall–Kier alpha value is -2.48. The van der Waals surface area contributed by atoms with E-state index in [1.54, 1.807) is 0 Å². The predicted molar refractivity (Wildman–Crippen MR) is 75.1 cm³/mol. The van der Waals surface area contributed by atoms with Gasteiger partial charge in [0.1, 0.15) is 0 Å². The molecule has 0 amide bonds. The number of rotatable bonds is 1. The number of fused-ring (bicyclic) bond motifs is 2. The van der Waals surface area contributed by atoms with Crippen LogP contribution in [-0.2, 0) is 0 Å². The van der Waals surface area contributed by atoms with Crippen molar-refractivity contribution >= 4 is 21.8 Å². The molecule has 2 heterocycles. The Morgan fingerprint density at radius 3 is 2.67 bits per heavy atom. The van der Waals surface area contributed by atoms with E-state index in [2.05, 4.69) is 70.3 Å². The van der Waals surface area contributed by atoms with Gasteiger partial charge in [0, 0.05) is 17.8 Å². The molecule has 4 rings (SSSR count). The quantitative estimate of drug-likeness (QED) is 0.510. The van der Waals surface area contributed by atoms with Gasteiger partial charge in [-0.1, -0.05) is 30.3 Å². The van der Waals surface area contributed by atoms with Crippen LogP contribution in [0.25, 0.3) is 27.5 Å². The second kappa shape index (κ2) is 3.50. The highest BCUT2D eigenvalue weighted by molar-refractivity contribution is 5.90. The molecule has 0 fully saturated rings. The standard InChI is InChI=1S/C16H12N2/c1-2-6-14-12(4-1)9-11-18(14)15-7-3-5-13-8-10-17-16(13)15/h1-11,17H. The Morgan fingerprint density at radius 2 is 1.67 bits per heavy atom. The summed E-state index contributed by atoms with van der Waals surface area (Å²) in [7, 11) is 0. The van der Waals surface area contributed by atoms with Crippen molar-refractivity contribution in [2.24, 2.45) is 0 Å². The molecule has 2 heteroatoms. The minimum atomic E-state index is 1.18. The second-order valence-electron chi connectivity index (χ2n) is 4.46. The molecule has 1 N–H and O–H groups in total. The fourth-order valence-electron chi connectivity index (χ4n) is 2.56. The van der Waals surface area contributed by atoms with Crippen LogP contribution >= 0.6 is 0 Å². The van der Waals surface area contributed by atoms with Crippen LogP contribution in [0.1, 0.15) is 0 Å². The fraction of sp³-hybridized carbons (Fsp3) is 0. The molecular formula is C16H12N2. The first-order valence-electron chi connectivity index (χ1n) is 6.06. The maximum atomic E-state index is 3.32. The lowest BCUT2D eigenvalue weighted by atomic mass is 10.2. The van der Waals surface area contributed by atoms with E-state index in [9.17, 15) is 0 Å². The highest BCUT2D eigenvalue weighted by atomic mass is 15.0. The van der Waals surface area contributed by atoms with E-state index in [0.717, 1.165) is 0 Å². The average molecular weight is 232 g/mol. The van der Waals surface area contributed by atoms with E-state index >= 15 is 0 Å². The van der Waals surface area contributed by atoms with Gasteiger partial charge in [0.05, 0.1) is 16.7 Å². The van der Waals surface area contributed by atoms with Crippen molar-refractivity contribution in [2.45, 2.75) is 0 Å². The van der Waals surface area contributed by atoms with Crippen molar-refractivity contribution in [3.63, 3.8) is 0 Å². The van der Waals surface area contributed by atoms with Gasteiger partial charge in [-0.15, -0.1) is 0 Å².